The van der Waals surface area contributed by atoms with Gasteiger partial charge in [-0.1, -0.05) is 19.1 Å². The van der Waals surface area contributed by atoms with Gasteiger partial charge in [0.25, 0.3) is 0 Å². The van der Waals surface area contributed by atoms with Crippen molar-refractivity contribution in [3.63, 3.8) is 0 Å². The monoisotopic (exact) mass is 344 g/mol. The largest absolute Gasteiger partial charge is 0.508 e. The Bertz CT molecular complexity index is 526. The highest BCUT2D eigenvalue weighted by Gasteiger charge is 2.27. The Morgan fingerprint density at radius 3 is 2.22 bits per heavy atom. The quantitative estimate of drug-likeness (QED) is 0.709. The molecule has 0 saturated carbocycles. The molecular formula is C16H25ClN2O4. The molecule has 0 aromatic heterocycles. The van der Waals surface area contributed by atoms with Gasteiger partial charge >= 0.3 is 5.97 Å². The van der Waals surface area contributed by atoms with Gasteiger partial charge in [-0.25, -0.2) is 4.79 Å². The number of halogens is 1. The van der Waals surface area contributed by atoms with Crippen LogP contribution >= 0.6 is 12.4 Å². The number of rotatable bonds is 5. The summed E-state index contributed by atoms with van der Waals surface area (Å²) in [6.07, 6.45) is 0.406. The van der Waals surface area contributed by atoms with Gasteiger partial charge in [-0.05, 0) is 44.9 Å². The van der Waals surface area contributed by atoms with Crippen molar-refractivity contribution in [3.8, 4) is 5.75 Å². The van der Waals surface area contributed by atoms with Crippen LogP contribution in [-0.4, -0.2) is 28.6 Å². The lowest BCUT2D eigenvalue weighted by Crippen LogP contribution is -2.46. The van der Waals surface area contributed by atoms with E-state index in [4.69, 9.17) is 10.5 Å². The van der Waals surface area contributed by atoms with E-state index in [0.29, 0.717) is 12.0 Å². The molecule has 0 aliphatic carbocycles. The molecule has 23 heavy (non-hydrogen) atoms. The van der Waals surface area contributed by atoms with Crippen molar-refractivity contribution >= 4 is 24.3 Å². The average Bonchev–Trinajstić information content (AvgIpc) is 2.42. The number of esters is 1. The summed E-state index contributed by atoms with van der Waals surface area (Å²) < 4.78 is 5.27. The van der Waals surface area contributed by atoms with Crippen LogP contribution in [-0.2, 0) is 14.3 Å². The first kappa shape index (κ1) is 21.2. The minimum atomic E-state index is -0.919. The fraction of sp³-hybridized carbons (Fsp3) is 0.500. The molecule has 0 bridgehead atoms. The molecule has 0 fully saturated rings. The zero-order valence-corrected chi connectivity index (χ0v) is 14.6. The highest BCUT2D eigenvalue weighted by molar-refractivity contribution is 5.88. The first-order valence-corrected chi connectivity index (χ1v) is 7.21. The number of nitrogens with one attached hydrogen (secondary N) is 1. The van der Waals surface area contributed by atoms with Gasteiger partial charge in [0.15, 0.2) is 0 Å². The number of hydrogen-bond donors (Lipinski definition) is 3. The molecule has 1 aromatic rings. The van der Waals surface area contributed by atoms with Crippen LogP contribution in [0.15, 0.2) is 24.3 Å². The van der Waals surface area contributed by atoms with Gasteiger partial charge in [0.2, 0.25) is 5.91 Å². The smallest absolute Gasteiger partial charge is 0.329 e. The lowest BCUT2D eigenvalue weighted by atomic mass is 10.1. The van der Waals surface area contributed by atoms with Crippen molar-refractivity contribution in [2.45, 2.75) is 51.8 Å². The maximum atomic E-state index is 12.2. The molecule has 7 heteroatoms. The molecule has 0 aliphatic heterocycles. The van der Waals surface area contributed by atoms with Gasteiger partial charge in [-0.3, -0.25) is 4.79 Å². The Labute approximate surface area is 142 Å². The molecule has 1 aromatic carbocycles. The number of carbonyl (C=O) groups excluding carboxylic acids is 2. The number of carbonyl (C=O) groups is 2. The fourth-order valence-corrected chi connectivity index (χ4v) is 1.80. The first-order valence-electron chi connectivity index (χ1n) is 7.21. The summed E-state index contributed by atoms with van der Waals surface area (Å²) in [7, 11) is 0. The zero-order valence-electron chi connectivity index (χ0n) is 13.8. The number of ether oxygens (including phenoxy) is 1. The van der Waals surface area contributed by atoms with Crippen molar-refractivity contribution in [1.29, 1.82) is 0 Å². The average molecular weight is 345 g/mol. The Kier molecular flexibility index (Phi) is 8.06. The van der Waals surface area contributed by atoms with Gasteiger partial charge in [0.1, 0.15) is 23.4 Å². The zero-order chi connectivity index (χ0) is 16.9. The van der Waals surface area contributed by atoms with Crippen molar-refractivity contribution in [2.24, 2.45) is 5.73 Å². The lowest BCUT2D eigenvalue weighted by Gasteiger charge is -2.24. The van der Waals surface area contributed by atoms with E-state index >= 15 is 0 Å². The summed E-state index contributed by atoms with van der Waals surface area (Å²) in [5, 5.41) is 11.8. The summed E-state index contributed by atoms with van der Waals surface area (Å²) in [5.74, 6) is -0.860. The number of aromatic hydroxyl groups is 1. The molecule has 0 saturated heterocycles. The number of amides is 1. The summed E-state index contributed by atoms with van der Waals surface area (Å²) in [5.41, 5.74) is 5.81. The van der Waals surface area contributed by atoms with Crippen LogP contribution in [0.2, 0.25) is 0 Å². The van der Waals surface area contributed by atoms with E-state index in [1.54, 1.807) is 39.8 Å². The molecule has 1 unspecified atom stereocenters. The summed E-state index contributed by atoms with van der Waals surface area (Å²) >= 11 is 0. The summed E-state index contributed by atoms with van der Waals surface area (Å²) in [4.78, 5) is 24.2. The van der Waals surface area contributed by atoms with Gasteiger partial charge in [-0.15, -0.1) is 12.4 Å². The minimum Gasteiger partial charge on any atom is -0.508 e. The van der Waals surface area contributed by atoms with Crippen LogP contribution < -0.4 is 11.1 Å². The van der Waals surface area contributed by atoms with Crippen LogP contribution in [0, 0.1) is 0 Å². The van der Waals surface area contributed by atoms with Crippen LogP contribution in [0.4, 0.5) is 0 Å². The number of nitrogens with two attached hydrogens (primary N) is 1. The third-order valence-corrected chi connectivity index (χ3v) is 2.95. The molecule has 6 nitrogen and oxygen atoms in total. The SMILES string of the molecule is CCC(NC(=O)[C@H](N)c1ccc(O)cc1)C(=O)OC(C)(C)C.Cl. The van der Waals surface area contributed by atoms with E-state index in [1.165, 1.54) is 12.1 Å². The minimum absolute atomic E-state index is 0. The van der Waals surface area contributed by atoms with Crippen molar-refractivity contribution < 1.29 is 19.4 Å². The molecule has 1 rings (SSSR count). The second kappa shape index (κ2) is 8.74. The maximum Gasteiger partial charge on any atom is 0.329 e. The molecular weight excluding hydrogens is 320 g/mol. The first-order chi connectivity index (χ1) is 10.1. The van der Waals surface area contributed by atoms with Crippen LogP contribution in [0.25, 0.3) is 0 Å². The molecule has 0 heterocycles. The Morgan fingerprint density at radius 2 is 1.78 bits per heavy atom. The maximum absolute atomic E-state index is 12.2. The van der Waals surface area contributed by atoms with Gasteiger partial charge < -0.3 is 20.9 Å². The second-order valence-corrected chi connectivity index (χ2v) is 6.07. The predicted molar refractivity (Wildman–Crippen MR) is 90.3 cm³/mol. The molecule has 0 spiro atoms. The summed E-state index contributed by atoms with van der Waals surface area (Å²) in [6, 6.07) is 4.37. The number of phenolic OH excluding ortho intramolecular Hbond substituents is 1. The number of benzene rings is 1. The van der Waals surface area contributed by atoms with E-state index in [1.807, 2.05) is 0 Å². The van der Waals surface area contributed by atoms with Crippen LogP contribution in [0.5, 0.6) is 5.75 Å². The standard InChI is InChI=1S/C16H24N2O4.ClH/c1-5-12(15(21)22-16(2,3)4)18-14(20)13(17)10-6-8-11(19)9-7-10;/h6-9,12-13,19H,5,17H2,1-4H3,(H,18,20);1H/t12?,13-;/m1./s1. The third-order valence-electron chi connectivity index (χ3n) is 2.95. The lowest BCUT2D eigenvalue weighted by molar-refractivity contribution is -0.158. The van der Waals surface area contributed by atoms with E-state index in [9.17, 15) is 14.7 Å². The van der Waals surface area contributed by atoms with Gasteiger partial charge in [-0.2, -0.15) is 0 Å². The fourth-order valence-electron chi connectivity index (χ4n) is 1.80. The predicted octanol–water partition coefficient (Wildman–Crippen LogP) is 2.05. The van der Waals surface area contributed by atoms with E-state index < -0.39 is 29.6 Å². The van der Waals surface area contributed by atoms with Crippen molar-refractivity contribution in [2.75, 3.05) is 0 Å². The molecule has 0 radical (unpaired) electrons. The van der Waals surface area contributed by atoms with Crippen molar-refractivity contribution in [1.82, 2.24) is 5.32 Å². The molecule has 130 valence electrons. The normalized spacial score (nSPS) is 13.4. The number of phenols is 1. The highest BCUT2D eigenvalue weighted by atomic mass is 35.5. The molecule has 0 aliphatic rings. The molecule has 1 amide bonds. The third kappa shape index (κ3) is 6.88. The van der Waals surface area contributed by atoms with Crippen LogP contribution in [0.3, 0.4) is 0 Å². The topological polar surface area (TPSA) is 102 Å². The summed E-state index contributed by atoms with van der Waals surface area (Å²) in [6.45, 7) is 7.08. The van der Waals surface area contributed by atoms with Crippen molar-refractivity contribution in [3.05, 3.63) is 29.8 Å². The van der Waals surface area contributed by atoms with Gasteiger partial charge in [0, 0.05) is 0 Å². The van der Waals surface area contributed by atoms with E-state index in [0.717, 1.165) is 0 Å². The Hall–Kier alpha value is -1.79. The second-order valence-electron chi connectivity index (χ2n) is 6.07. The molecule has 4 N–H and O–H groups in total. The number of hydrogen-bond acceptors (Lipinski definition) is 5. The Morgan fingerprint density at radius 1 is 1.26 bits per heavy atom. The highest BCUT2D eigenvalue weighted by Crippen LogP contribution is 2.16. The van der Waals surface area contributed by atoms with Gasteiger partial charge in [0.05, 0.1) is 0 Å². The molecule has 2 atom stereocenters. The van der Waals surface area contributed by atoms with E-state index in [-0.39, 0.29) is 18.2 Å². The Balaban J connectivity index is 0.00000484. The van der Waals surface area contributed by atoms with E-state index in [2.05, 4.69) is 5.32 Å². The van der Waals surface area contributed by atoms with Crippen LogP contribution in [0.1, 0.15) is 45.7 Å².